The molecule has 2 aromatic carbocycles. The monoisotopic (exact) mass is 365 g/mol. The predicted molar refractivity (Wildman–Crippen MR) is 105 cm³/mol. The van der Waals surface area contributed by atoms with E-state index in [1.807, 2.05) is 36.5 Å². The van der Waals surface area contributed by atoms with Gasteiger partial charge in [-0.2, -0.15) is 0 Å². The molecule has 0 fully saturated rings. The molecule has 0 radical (unpaired) electrons. The Balaban J connectivity index is 1.20. The molecule has 0 bridgehead atoms. The van der Waals surface area contributed by atoms with Crippen molar-refractivity contribution < 1.29 is 14.3 Å². The quantitative estimate of drug-likeness (QED) is 0.629. The molecule has 3 aromatic rings. The number of para-hydroxylation sites is 1. The van der Waals surface area contributed by atoms with E-state index in [4.69, 9.17) is 9.47 Å². The van der Waals surface area contributed by atoms with Crippen molar-refractivity contribution >= 4 is 16.9 Å². The van der Waals surface area contributed by atoms with Crippen LogP contribution in [0.2, 0.25) is 0 Å². The molecule has 6 nitrogen and oxygen atoms in total. The van der Waals surface area contributed by atoms with Crippen LogP contribution in [-0.4, -0.2) is 37.3 Å². The Labute approximate surface area is 157 Å². The second kappa shape index (κ2) is 8.03. The van der Waals surface area contributed by atoms with Gasteiger partial charge in [-0.05, 0) is 42.2 Å². The molecule has 0 saturated heterocycles. The van der Waals surface area contributed by atoms with E-state index >= 15 is 0 Å². The summed E-state index contributed by atoms with van der Waals surface area (Å²) in [6.45, 7) is 2.33. The molecule has 27 heavy (non-hydrogen) atoms. The summed E-state index contributed by atoms with van der Waals surface area (Å²) in [5, 5.41) is 7.02. The fourth-order valence-electron chi connectivity index (χ4n) is 3.28. The number of rotatable bonds is 6. The second-order valence-electron chi connectivity index (χ2n) is 6.52. The average molecular weight is 365 g/mol. The van der Waals surface area contributed by atoms with Gasteiger partial charge in [0.1, 0.15) is 13.2 Å². The van der Waals surface area contributed by atoms with Crippen LogP contribution in [-0.2, 0) is 12.8 Å². The Kier molecular flexibility index (Phi) is 5.14. The number of urea groups is 1. The molecule has 0 atom stereocenters. The van der Waals surface area contributed by atoms with E-state index in [-0.39, 0.29) is 6.03 Å². The molecule has 4 rings (SSSR count). The van der Waals surface area contributed by atoms with E-state index in [9.17, 15) is 4.79 Å². The molecule has 0 aliphatic carbocycles. The molecule has 1 aliphatic heterocycles. The lowest BCUT2D eigenvalue weighted by atomic mass is 10.1. The van der Waals surface area contributed by atoms with E-state index in [1.54, 1.807) is 0 Å². The van der Waals surface area contributed by atoms with Crippen molar-refractivity contribution in [2.75, 3.05) is 26.3 Å². The third-order valence-electron chi connectivity index (χ3n) is 4.66. The zero-order valence-electron chi connectivity index (χ0n) is 15.1. The number of nitrogens with one attached hydrogen (secondary N) is 3. The summed E-state index contributed by atoms with van der Waals surface area (Å²) in [7, 11) is 0. The van der Waals surface area contributed by atoms with Crippen LogP contribution in [0.4, 0.5) is 4.79 Å². The van der Waals surface area contributed by atoms with Gasteiger partial charge in [0, 0.05) is 30.2 Å². The third-order valence-corrected chi connectivity index (χ3v) is 4.66. The molecule has 1 aromatic heterocycles. The summed E-state index contributed by atoms with van der Waals surface area (Å²) >= 11 is 0. The summed E-state index contributed by atoms with van der Waals surface area (Å²) in [5.41, 5.74) is 3.44. The topological polar surface area (TPSA) is 75.4 Å². The fraction of sp³-hybridized carbons (Fsp3) is 0.286. The van der Waals surface area contributed by atoms with E-state index < -0.39 is 0 Å². The van der Waals surface area contributed by atoms with Gasteiger partial charge in [-0.1, -0.05) is 24.3 Å². The predicted octanol–water partition coefficient (Wildman–Crippen LogP) is 3.02. The summed E-state index contributed by atoms with van der Waals surface area (Å²) < 4.78 is 11.1. The minimum absolute atomic E-state index is 0.146. The number of benzene rings is 2. The zero-order valence-corrected chi connectivity index (χ0v) is 15.1. The van der Waals surface area contributed by atoms with Crippen molar-refractivity contribution in [1.82, 2.24) is 15.6 Å². The molecule has 2 amide bonds. The smallest absolute Gasteiger partial charge is 0.314 e. The van der Waals surface area contributed by atoms with Crippen LogP contribution in [0.3, 0.4) is 0 Å². The SMILES string of the molecule is O=C(NCCc1ccc2c(c1)OCCO2)NCCc1c[nH]c2ccccc12. The molecule has 6 heteroatoms. The first kappa shape index (κ1) is 17.3. The lowest BCUT2D eigenvalue weighted by Gasteiger charge is -2.18. The maximum absolute atomic E-state index is 12.0. The Bertz CT molecular complexity index is 935. The normalized spacial score (nSPS) is 12.7. The van der Waals surface area contributed by atoms with Gasteiger partial charge in [0.05, 0.1) is 0 Å². The van der Waals surface area contributed by atoms with Gasteiger partial charge in [0.2, 0.25) is 0 Å². The maximum atomic E-state index is 12.0. The number of amides is 2. The molecule has 3 N–H and O–H groups in total. The van der Waals surface area contributed by atoms with E-state index in [0.717, 1.165) is 35.4 Å². The maximum Gasteiger partial charge on any atom is 0.314 e. The molecule has 140 valence electrons. The number of ether oxygens (including phenoxy) is 2. The highest BCUT2D eigenvalue weighted by molar-refractivity contribution is 5.83. The van der Waals surface area contributed by atoms with Crippen LogP contribution in [0.1, 0.15) is 11.1 Å². The molecular formula is C21H23N3O3. The lowest BCUT2D eigenvalue weighted by molar-refractivity contribution is 0.171. The third kappa shape index (κ3) is 4.16. The fourth-order valence-corrected chi connectivity index (χ4v) is 3.28. The van der Waals surface area contributed by atoms with Gasteiger partial charge in [-0.25, -0.2) is 4.79 Å². The summed E-state index contributed by atoms with van der Waals surface area (Å²) in [6, 6.07) is 13.9. The lowest BCUT2D eigenvalue weighted by Crippen LogP contribution is -2.37. The Morgan fingerprint density at radius 3 is 2.63 bits per heavy atom. The Morgan fingerprint density at radius 1 is 0.963 bits per heavy atom. The Hall–Kier alpha value is -3.15. The van der Waals surface area contributed by atoms with E-state index in [0.29, 0.717) is 26.3 Å². The zero-order chi connectivity index (χ0) is 18.5. The Morgan fingerprint density at radius 2 is 1.74 bits per heavy atom. The van der Waals surface area contributed by atoms with Gasteiger partial charge in [-0.15, -0.1) is 0 Å². The van der Waals surface area contributed by atoms with Crippen molar-refractivity contribution in [1.29, 1.82) is 0 Å². The number of hydrogen-bond acceptors (Lipinski definition) is 3. The largest absolute Gasteiger partial charge is 0.486 e. The van der Waals surface area contributed by atoms with Crippen LogP contribution < -0.4 is 20.1 Å². The first-order chi connectivity index (χ1) is 13.3. The summed E-state index contributed by atoms with van der Waals surface area (Å²) in [6.07, 6.45) is 3.54. The average Bonchev–Trinajstić information content (AvgIpc) is 3.11. The number of fused-ring (bicyclic) bond motifs is 2. The molecular weight excluding hydrogens is 342 g/mol. The van der Waals surface area contributed by atoms with Gasteiger partial charge < -0.3 is 25.1 Å². The molecule has 2 heterocycles. The van der Waals surface area contributed by atoms with Crippen molar-refractivity contribution in [3.8, 4) is 11.5 Å². The van der Waals surface area contributed by atoms with Crippen molar-refractivity contribution in [2.45, 2.75) is 12.8 Å². The van der Waals surface area contributed by atoms with E-state index in [2.05, 4.69) is 27.8 Å². The molecule has 0 unspecified atom stereocenters. The summed E-state index contributed by atoms with van der Waals surface area (Å²) in [4.78, 5) is 15.2. The van der Waals surface area contributed by atoms with Gasteiger partial charge in [-0.3, -0.25) is 0 Å². The molecule has 0 spiro atoms. The van der Waals surface area contributed by atoms with Gasteiger partial charge in [0.15, 0.2) is 11.5 Å². The van der Waals surface area contributed by atoms with Crippen LogP contribution >= 0.6 is 0 Å². The highest BCUT2D eigenvalue weighted by Gasteiger charge is 2.11. The van der Waals surface area contributed by atoms with E-state index in [1.165, 1.54) is 10.9 Å². The number of carbonyl (C=O) groups is 1. The van der Waals surface area contributed by atoms with Crippen molar-refractivity contribution in [3.63, 3.8) is 0 Å². The molecule has 0 saturated carbocycles. The van der Waals surface area contributed by atoms with Crippen LogP contribution in [0.5, 0.6) is 11.5 Å². The van der Waals surface area contributed by atoms with Gasteiger partial charge in [0.25, 0.3) is 0 Å². The minimum Gasteiger partial charge on any atom is -0.486 e. The first-order valence-electron chi connectivity index (χ1n) is 9.25. The standard InChI is InChI=1S/C21H23N3O3/c25-21(23-10-8-16-14-24-18-4-2-1-3-17(16)18)22-9-7-15-5-6-19-20(13-15)27-12-11-26-19/h1-6,13-14,24H,7-12H2,(H2,22,23,25). The number of aromatic amines is 1. The van der Waals surface area contributed by atoms with Crippen molar-refractivity contribution in [2.24, 2.45) is 0 Å². The highest BCUT2D eigenvalue weighted by atomic mass is 16.6. The number of carbonyl (C=O) groups excluding carboxylic acids is 1. The van der Waals surface area contributed by atoms with Crippen molar-refractivity contribution in [3.05, 3.63) is 59.8 Å². The minimum atomic E-state index is -0.146. The number of aromatic nitrogens is 1. The molecule has 1 aliphatic rings. The first-order valence-corrected chi connectivity index (χ1v) is 9.25. The number of hydrogen-bond donors (Lipinski definition) is 3. The van der Waals surface area contributed by atoms with Crippen LogP contribution in [0, 0.1) is 0 Å². The number of H-pyrrole nitrogens is 1. The van der Waals surface area contributed by atoms with Crippen LogP contribution in [0.15, 0.2) is 48.7 Å². The second-order valence-corrected chi connectivity index (χ2v) is 6.52. The summed E-state index contributed by atoms with van der Waals surface area (Å²) in [5.74, 6) is 1.56. The van der Waals surface area contributed by atoms with Gasteiger partial charge >= 0.3 is 6.03 Å². The van der Waals surface area contributed by atoms with Crippen LogP contribution in [0.25, 0.3) is 10.9 Å². The highest BCUT2D eigenvalue weighted by Crippen LogP contribution is 2.30.